The van der Waals surface area contributed by atoms with E-state index in [-0.39, 0.29) is 0 Å². The molecule has 0 aromatic rings. The van der Waals surface area contributed by atoms with Crippen LogP contribution >= 0.6 is 0 Å². The van der Waals surface area contributed by atoms with Crippen molar-refractivity contribution in [1.29, 1.82) is 0 Å². The first-order valence-corrected chi connectivity index (χ1v) is 6.06. The van der Waals surface area contributed by atoms with Crippen LogP contribution in [-0.2, 0) is 4.74 Å². The minimum Gasteiger partial charge on any atom is -0.380 e. The van der Waals surface area contributed by atoms with Gasteiger partial charge in [0.25, 0.3) is 0 Å². The van der Waals surface area contributed by atoms with Crippen molar-refractivity contribution in [3.8, 4) is 0 Å². The van der Waals surface area contributed by atoms with E-state index in [1.54, 1.807) is 0 Å². The predicted molar refractivity (Wildman–Crippen MR) is 66.3 cm³/mol. The van der Waals surface area contributed by atoms with Crippen LogP contribution in [0.4, 0.5) is 0 Å². The van der Waals surface area contributed by atoms with Crippen LogP contribution in [0, 0.1) is 5.92 Å². The summed E-state index contributed by atoms with van der Waals surface area (Å²) < 4.78 is 5.33. The van der Waals surface area contributed by atoms with Gasteiger partial charge in [0.05, 0.1) is 6.61 Å². The van der Waals surface area contributed by atoms with Crippen LogP contribution in [0.25, 0.3) is 0 Å². The standard InChI is InChI=1S/C12H28N2O/c1-6-15-8-7-14(5)12(4)10-13-9-11(2)3/h11-13H,6-10H2,1-5H3. The molecule has 0 aromatic heterocycles. The van der Waals surface area contributed by atoms with Gasteiger partial charge in [-0.3, -0.25) is 0 Å². The lowest BCUT2D eigenvalue weighted by atomic mass is 10.2. The number of ether oxygens (including phenoxy) is 1. The first-order valence-electron chi connectivity index (χ1n) is 6.06. The Labute approximate surface area is 95.2 Å². The van der Waals surface area contributed by atoms with Gasteiger partial charge in [-0.2, -0.15) is 0 Å². The minimum atomic E-state index is 0.573. The third-order valence-electron chi connectivity index (χ3n) is 2.54. The molecule has 0 bridgehead atoms. The smallest absolute Gasteiger partial charge is 0.0593 e. The lowest BCUT2D eigenvalue weighted by Crippen LogP contribution is -2.40. The van der Waals surface area contributed by atoms with Gasteiger partial charge in [0, 0.05) is 25.7 Å². The van der Waals surface area contributed by atoms with Crippen molar-refractivity contribution in [1.82, 2.24) is 10.2 Å². The van der Waals surface area contributed by atoms with Crippen molar-refractivity contribution in [2.45, 2.75) is 33.7 Å². The molecule has 1 unspecified atom stereocenters. The third-order valence-corrected chi connectivity index (χ3v) is 2.54. The van der Waals surface area contributed by atoms with Gasteiger partial charge in [0.1, 0.15) is 0 Å². The normalized spacial score (nSPS) is 13.8. The van der Waals surface area contributed by atoms with Crippen LogP contribution in [-0.4, -0.2) is 50.8 Å². The molecule has 1 atom stereocenters. The molecule has 15 heavy (non-hydrogen) atoms. The van der Waals surface area contributed by atoms with E-state index < -0.39 is 0 Å². The molecular formula is C12H28N2O. The zero-order chi connectivity index (χ0) is 11.7. The van der Waals surface area contributed by atoms with Crippen molar-refractivity contribution < 1.29 is 4.74 Å². The molecule has 0 aliphatic rings. The molecule has 0 fully saturated rings. The topological polar surface area (TPSA) is 24.5 Å². The summed E-state index contributed by atoms with van der Waals surface area (Å²) in [5, 5.41) is 3.47. The Kier molecular flexibility index (Phi) is 9.06. The molecule has 0 heterocycles. The van der Waals surface area contributed by atoms with Gasteiger partial charge >= 0.3 is 0 Å². The summed E-state index contributed by atoms with van der Waals surface area (Å²) >= 11 is 0. The Hall–Kier alpha value is -0.120. The zero-order valence-corrected chi connectivity index (χ0v) is 11.0. The fourth-order valence-electron chi connectivity index (χ4n) is 1.31. The second-order valence-electron chi connectivity index (χ2n) is 4.58. The first-order chi connectivity index (χ1) is 7.07. The average molecular weight is 216 g/mol. The van der Waals surface area contributed by atoms with E-state index in [1.807, 2.05) is 6.92 Å². The molecule has 0 aromatic carbocycles. The molecule has 92 valence electrons. The summed E-state index contributed by atoms with van der Waals surface area (Å²) in [4.78, 5) is 2.34. The summed E-state index contributed by atoms with van der Waals surface area (Å²) in [5.41, 5.74) is 0. The Balaban J connectivity index is 3.46. The molecule has 0 rings (SSSR count). The number of nitrogens with zero attached hydrogens (tertiary/aromatic N) is 1. The highest BCUT2D eigenvalue weighted by molar-refractivity contribution is 4.66. The molecule has 0 saturated carbocycles. The van der Waals surface area contributed by atoms with E-state index in [0.717, 1.165) is 38.8 Å². The Morgan fingerprint density at radius 2 is 1.87 bits per heavy atom. The van der Waals surface area contributed by atoms with Gasteiger partial charge in [-0.15, -0.1) is 0 Å². The van der Waals surface area contributed by atoms with Crippen molar-refractivity contribution >= 4 is 0 Å². The second-order valence-corrected chi connectivity index (χ2v) is 4.58. The number of hydrogen-bond donors (Lipinski definition) is 1. The van der Waals surface area contributed by atoms with Crippen LogP contribution in [0.2, 0.25) is 0 Å². The monoisotopic (exact) mass is 216 g/mol. The fraction of sp³-hybridized carbons (Fsp3) is 1.00. The Bertz CT molecular complexity index is 140. The van der Waals surface area contributed by atoms with E-state index in [4.69, 9.17) is 4.74 Å². The zero-order valence-electron chi connectivity index (χ0n) is 11.0. The van der Waals surface area contributed by atoms with E-state index in [1.165, 1.54) is 0 Å². The number of likely N-dealkylation sites (N-methyl/N-ethyl adjacent to an activating group) is 1. The molecule has 0 aliphatic heterocycles. The summed E-state index contributed by atoms with van der Waals surface area (Å²) in [6.45, 7) is 13.6. The average Bonchev–Trinajstić information content (AvgIpc) is 2.17. The summed E-state index contributed by atoms with van der Waals surface area (Å²) in [7, 11) is 2.15. The highest BCUT2D eigenvalue weighted by Gasteiger charge is 2.08. The third kappa shape index (κ3) is 8.85. The number of rotatable bonds is 9. The Morgan fingerprint density at radius 3 is 2.40 bits per heavy atom. The summed E-state index contributed by atoms with van der Waals surface area (Å²) in [6.07, 6.45) is 0. The number of hydrogen-bond acceptors (Lipinski definition) is 3. The molecule has 0 aliphatic carbocycles. The highest BCUT2D eigenvalue weighted by atomic mass is 16.5. The van der Waals surface area contributed by atoms with Crippen LogP contribution in [0.15, 0.2) is 0 Å². The van der Waals surface area contributed by atoms with Gasteiger partial charge in [0.2, 0.25) is 0 Å². The molecule has 3 nitrogen and oxygen atoms in total. The van der Waals surface area contributed by atoms with Crippen molar-refractivity contribution in [2.75, 3.05) is 39.9 Å². The van der Waals surface area contributed by atoms with Crippen LogP contribution in [0.5, 0.6) is 0 Å². The van der Waals surface area contributed by atoms with Gasteiger partial charge < -0.3 is 15.0 Å². The SMILES string of the molecule is CCOCCN(C)C(C)CNCC(C)C. The van der Waals surface area contributed by atoms with Crippen LogP contribution in [0.3, 0.4) is 0 Å². The van der Waals surface area contributed by atoms with E-state index in [0.29, 0.717) is 6.04 Å². The molecule has 0 saturated heterocycles. The van der Waals surface area contributed by atoms with Crippen molar-refractivity contribution in [3.63, 3.8) is 0 Å². The quantitative estimate of drug-likeness (QED) is 0.592. The predicted octanol–water partition coefficient (Wildman–Crippen LogP) is 1.59. The van der Waals surface area contributed by atoms with Gasteiger partial charge in [0.15, 0.2) is 0 Å². The lowest BCUT2D eigenvalue weighted by molar-refractivity contribution is 0.110. The van der Waals surface area contributed by atoms with Gasteiger partial charge in [-0.25, -0.2) is 0 Å². The van der Waals surface area contributed by atoms with Crippen LogP contribution < -0.4 is 5.32 Å². The lowest BCUT2D eigenvalue weighted by Gasteiger charge is -2.25. The van der Waals surface area contributed by atoms with Gasteiger partial charge in [-0.05, 0) is 33.4 Å². The van der Waals surface area contributed by atoms with Crippen molar-refractivity contribution in [3.05, 3.63) is 0 Å². The fourth-order valence-corrected chi connectivity index (χ4v) is 1.31. The molecule has 1 N–H and O–H groups in total. The summed E-state index contributed by atoms with van der Waals surface area (Å²) in [6, 6.07) is 0.573. The van der Waals surface area contributed by atoms with Crippen molar-refractivity contribution in [2.24, 2.45) is 5.92 Å². The largest absolute Gasteiger partial charge is 0.380 e. The molecule has 0 spiro atoms. The van der Waals surface area contributed by atoms with E-state index in [2.05, 4.69) is 38.0 Å². The Morgan fingerprint density at radius 1 is 1.20 bits per heavy atom. The van der Waals surface area contributed by atoms with E-state index in [9.17, 15) is 0 Å². The highest BCUT2D eigenvalue weighted by Crippen LogP contribution is 1.95. The second kappa shape index (κ2) is 9.13. The maximum atomic E-state index is 5.33. The molecular weight excluding hydrogens is 188 g/mol. The molecule has 0 amide bonds. The van der Waals surface area contributed by atoms with Crippen LogP contribution in [0.1, 0.15) is 27.7 Å². The maximum absolute atomic E-state index is 5.33. The summed E-state index contributed by atoms with van der Waals surface area (Å²) in [5.74, 6) is 0.728. The first kappa shape index (κ1) is 14.9. The maximum Gasteiger partial charge on any atom is 0.0593 e. The molecule has 3 heteroatoms. The van der Waals surface area contributed by atoms with E-state index >= 15 is 0 Å². The van der Waals surface area contributed by atoms with Gasteiger partial charge in [-0.1, -0.05) is 13.8 Å². The minimum absolute atomic E-state index is 0.573. The number of nitrogens with one attached hydrogen (secondary N) is 1. The molecule has 0 radical (unpaired) electrons.